The number of hydrogen-bond acceptors (Lipinski definition) is 3. The van der Waals surface area contributed by atoms with E-state index in [1.807, 2.05) is 18.2 Å². The van der Waals surface area contributed by atoms with E-state index < -0.39 is 0 Å². The van der Waals surface area contributed by atoms with Gasteiger partial charge in [0.2, 0.25) is 0 Å². The Labute approximate surface area is 99.8 Å². The summed E-state index contributed by atoms with van der Waals surface area (Å²) >= 11 is 1.73. The van der Waals surface area contributed by atoms with E-state index in [0.717, 1.165) is 12.0 Å². The predicted molar refractivity (Wildman–Crippen MR) is 67.6 cm³/mol. The lowest BCUT2D eigenvalue weighted by molar-refractivity contribution is 0.561. The lowest BCUT2D eigenvalue weighted by Crippen LogP contribution is -2.13. The monoisotopic (exact) mass is 233 g/mol. The van der Waals surface area contributed by atoms with E-state index in [2.05, 4.69) is 18.4 Å². The molecular weight excluding hydrogens is 218 g/mol. The maximum atomic E-state index is 6.21. The summed E-state index contributed by atoms with van der Waals surface area (Å²) < 4.78 is 5.05. The molecule has 1 atom stereocenters. The fourth-order valence-corrected chi connectivity index (χ4v) is 2.42. The number of thioether (sulfide) groups is 1. The Morgan fingerprint density at radius 1 is 1.31 bits per heavy atom. The second kappa shape index (κ2) is 5.23. The van der Waals surface area contributed by atoms with Crippen LogP contribution in [-0.2, 0) is 6.42 Å². The molecule has 1 unspecified atom stereocenters. The first kappa shape index (κ1) is 11.3. The average Bonchev–Trinajstić information content (AvgIpc) is 2.81. The van der Waals surface area contributed by atoms with Gasteiger partial charge in [-0.3, -0.25) is 0 Å². The highest BCUT2D eigenvalue weighted by atomic mass is 32.2. The average molecular weight is 233 g/mol. The van der Waals surface area contributed by atoms with E-state index in [9.17, 15) is 0 Å². The van der Waals surface area contributed by atoms with Gasteiger partial charge in [-0.15, -0.1) is 11.8 Å². The van der Waals surface area contributed by atoms with Crippen molar-refractivity contribution in [3.8, 4) is 0 Å². The maximum Gasteiger partial charge on any atom is 0.0935 e. The van der Waals surface area contributed by atoms with Gasteiger partial charge in [-0.25, -0.2) is 0 Å². The Morgan fingerprint density at radius 3 is 2.81 bits per heavy atom. The Bertz CT molecular complexity index is 439. The SMILES string of the molecule is CSc1ccccc1C(N)Cc1ccoc1. The largest absolute Gasteiger partial charge is 0.472 e. The summed E-state index contributed by atoms with van der Waals surface area (Å²) in [6.45, 7) is 0. The third-order valence-electron chi connectivity index (χ3n) is 2.57. The second-order valence-corrected chi connectivity index (χ2v) is 4.53. The van der Waals surface area contributed by atoms with Gasteiger partial charge < -0.3 is 10.2 Å². The number of hydrogen-bond donors (Lipinski definition) is 1. The normalized spacial score (nSPS) is 12.6. The van der Waals surface area contributed by atoms with E-state index in [4.69, 9.17) is 10.2 Å². The molecule has 0 fully saturated rings. The minimum absolute atomic E-state index is 0.0289. The van der Waals surface area contributed by atoms with Gasteiger partial charge in [0.25, 0.3) is 0 Å². The Hall–Kier alpha value is -1.19. The molecule has 0 saturated carbocycles. The van der Waals surface area contributed by atoms with E-state index in [0.29, 0.717) is 0 Å². The van der Waals surface area contributed by atoms with Crippen LogP contribution in [0.15, 0.2) is 52.2 Å². The molecule has 0 aliphatic heterocycles. The van der Waals surface area contributed by atoms with Gasteiger partial charge >= 0.3 is 0 Å². The van der Waals surface area contributed by atoms with Crippen molar-refractivity contribution in [3.63, 3.8) is 0 Å². The van der Waals surface area contributed by atoms with Crippen LogP contribution in [0.1, 0.15) is 17.2 Å². The summed E-state index contributed by atoms with van der Waals surface area (Å²) in [6.07, 6.45) is 6.32. The molecule has 0 radical (unpaired) electrons. The van der Waals surface area contributed by atoms with Crippen LogP contribution in [-0.4, -0.2) is 6.26 Å². The van der Waals surface area contributed by atoms with Crippen LogP contribution in [0.25, 0.3) is 0 Å². The molecule has 0 aliphatic carbocycles. The highest BCUT2D eigenvalue weighted by Crippen LogP contribution is 2.26. The molecule has 3 heteroatoms. The lowest BCUT2D eigenvalue weighted by atomic mass is 10.0. The Balaban J connectivity index is 2.17. The van der Waals surface area contributed by atoms with Crippen LogP contribution in [0.2, 0.25) is 0 Å². The molecule has 2 aromatic rings. The van der Waals surface area contributed by atoms with Gasteiger partial charge in [-0.05, 0) is 35.9 Å². The number of benzene rings is 1. The van der Waals surface area contributed by atoms with Crippen LogP contribution in [0.4, 0.5) is 0 Å². The first-order valence-electron chi connectivity index (χ1n) is 5.21. The van der Waals surface area contributed by atoms with E-state index in [-0.39, 0.29) is 6.04 Å². The van der Waals surface area contributed by atoms with Gasteiger partial charge in [-0.1, -0.05) is 18.2 Å². The highest BCUT2D eigenvalue weighted by Gasteiger charge is 2.11. The van der Waals surface area contributed by atoms with Crippen LogP contribution in [0.5, 0.6) is 0 Å². The summed E-state index contributed by atoms with van der Waals surface area (Å²) in [5, 5.41) is 0. The molecule has 2 rings (SSSR count). The standard InChI is InChI=1S/C13H15NOS/c1-16-13-5-3-2-4-11(13)12(14)8-10-6-7-15-9-10/h2-7,9,12H,8,14H2,1H3. The molecular formula is C13H15NOS. The zero-order valence-electron chi connectivity index (χ0n) is 9.22. The van der Waals surface area contributed by atoms with Crippen molar-refractivity contribution < 1.29 is 4.42 Å². The fraction of sp³-hybridized carbons (Fsp3) is 0.231. The molecule has 1 aromatic heterocycles. The summed E-state index contributed by atoms with van der Waals surface area (Å²) in [4.78, 5) is 1.25. The van der Waals surface area contributed by atoms with Gasteiger partial charge in [0.05, 0.1) is 12.5 Å². The Kier molecular flexibility index (Phi) is 3.70. The van der Waals surface area contributed by atoms with Gasteiger partial charge in [0, 0.05) is 10.9 Å². The van der Waals surface area contributed by atoms with E-state index in [1.54, 1.807) is 24.3 Å². The first-order valence-corrected chi connectivity index (χ1v) is 6.43. The van der Waals surface area contributed by atoms with E-state index in [1.165, 1.54) is 10.5 Å². The molecule has 16 heavy (non-hydrogen) atoms. The zero-order valence-corrected chi connectivity index (χ0v) is 10.0. The third kappa shape index (κ3) is 2.49. The second-order valence-electron chi connectivity index (χ2n) is 3.68. The molecule has 0 bridgehead atoms. The van der Waals surface area contributed by atoms with E-state index >= 15 is 0 Å². The number of furan rings is 1. The molecule has 0 amide bonds. The molecule has 2 nitrogen and oxygen atoms in total. The summed E-state index contributed by atoms with van der Waals surface area (Å²) in [5.41, 5.74) is 8.55. The maximum absolute atomic E-state index is 6.21. The van der Waals surface area contributed by atoms with Crippen molar-refractivity contribution in [1.82, 2.24) is 0 Å². The van der Waals surface area contributed by atoms with Gasteiger partial charge in [0.1, 0.15) is 0 Å². The van der Waals surface area contributed by atoms with Crippen molar-refractivity contribution in [2.75, 3.05) is 6.26 Å². The third-order valence-corrected chi connectivity index (χ3v) is 3.39. The molecule has 0 saturated heterocycles. The van der Waals surface area contributed by atoms with Crippen LogP contribution in [0, 0.1) is 0 Å². The molecule has 0 aliphatic rings. The summed E-state index contributed by atoms with van der Waals surface area (Å²) in [7, 11) is 0. The predicted octanol–water partition coefficient (Wildman–Crippen LogP) is 3.24. The van der Waals surface area contributed by atoms with Crippen LogP contribution < -0.4 is 5.73 Å². The summed E-state index contributed by atoms with van der Waals surface area (Å²) in [6, 6.07) is 10.3. The van der Waals surface area contributed by atoms with Gasteiger partial charge in [0.15, 0.2) is 0 Å². The topological polar surface area (TPSA) is 39.2 Å². The quantitative estimate of drug-likeness (QED) is 0.824. The Morgan fingerprint density at radius 2 is 2.12 bits per heavy atom. The smallest absolute Gasteiger partial charge is 0.0935 e. The van der Waals surface area contributed by atoms with Crippen molar-refractivity contribution in [2.24, 2.45) is 5.73 Å². The fourth-order valence-electron chi connectivity index (χ4n) is 1.75. The van der Waals surface area contributed by atoms with Crippen LogP contribution in [0.3, 0.4) is 0 Å². The molecule has 1 aromatic carbocycles. The van der Waals surface area contributed by atoms with Crippen LogP contribution >= 0.6 is 11.8 Å². The number of nitrogens with two attached hydrogens (primary N) is 1. The highest BCUT2D eigenvalue weighted by molar-refractivity contribution is 7.98. The summed E-state index contributed by atoms with van der Waals surface area (Å²) in [5.74, 6) is 0. The van der Waals surface area contributed by atoms with Crippen molar-refractivity contribution >= 4 is 11.8 Å². The molecule has 1 heterocycles. The van der Waals surface area contributed by atoms with Crippen molar-refractivity contribution in [3.05, 3.63) is 54.0 Å². The lowest BCUT2D eigenvalue weighted by Gasteiger charge is -2.14. The number of rotatable bonds is 4. The zero-order chi connectivity index (χ0) is 11.4. The minimum atomic E-state index is 0.0289. The van der Waals surface area contributed by atoms with Crippen molar-refractivity contribution in [2.45, 2.75) is 17.4 Å². The molecule has 84 valence electrons. The van der Waals surface area contributed by atoms with Gasteiger partial charge in [-0.2, -0.15) is 0 Å². The molecule has 0 spiro atoms. The minimum Gasteiger partial charge on any atom is -0.472 e. The van der Waals surface area contributed by atoms with Crippen molar-refractivity contribution in [1.29, 1.82) is 0 Å². The first-order chi connectivity index (χ1) is 7.81. The molecule has 2 N–H and O–H groups in total.